The lowest BCUT2D eigenvalue weighted by atomic mass is 10.2. The van der Waals surface area contributed by atoms with E-state index in [1.54, 1.807) is 36.4 Å². The number of piperazine rings is 1. The fourth-order valence-corrected chi connectivity index (χ4v) is 3.11. The molecule has 1 aliphatic heterocycles. The van der Waals surface area contributed by atoms with Crippen molar-refractivity contribution in [2.24, 2.45) is 0 Å². The van der Waals surface area contributed by atoms with Crippen molar-refractivity contribution in [3.63, 3.8) is 0 Å². The minimum absolute atomic E-state index is 0.227. The highest BCUT2D eigenvalue weighted by Gasteiger charge is 2.22. The van der Waals surface area contributed by atoms with Gasteiger partial charge in [0.15, 0.2) is 5.11 Å². The maximum atomic E-state index is 13.9. The second-order valence-electron chi connectivity index (χ2n) is 5.69. The molecule has 1 fully saturated rings. The second-order valence-corrected chi connectivity index (χ2v) is 6.51. The monoisotopic (exact) mass is 377 g/mol. The van der Waals surface area contributed by atoms with Crippen LogP contribution in [0.1, 0.15) is 10.4 Å². The molecule has 0 aliphatic carbocycles. The van der Waals surface area contributed by atoms with Crippen molar-refractivity contribution < 1.29 is 9.18 Å². The fourth-order valence-electron chi connectivity index (χ4n) is 2.71. The van der Waals surface area contributed by atoms with Crippen molar-refractivity contribution >= 4 is 40.5 Å². The number of hydrogen-bond acceptors (Lipinski definition) is 3. The highest BCUT2D eigenvalue weighted by Crippen LogP contribution is 2.20. The normalized spacial score (nSPS) is 14.3. The van der Waals surface area contributed by atoms with E-state index in [9.17, 15) is 9.18 Å². The van der Waals surface area contributed by atoms with Gasteiger partial charge in [0.25, 0.3) is 5.91 Å². The zero-order valence-electron chi connectivity index (χ0n) is 13.4. The molecule has 0 spiro atoms. The highest BCUT2D eigenvalue weighted by molar-refractivity contribution is 7.80. The Morgan fingerprint density at radius 1 is 1.04 bits per heavy atom. The van der Waals surface area contributed by atoms with Crippen LogP contribution < -0.4 is 10.2 Å². The van der Waals surface area contributed by atoms with Crippen molar-refractivity contribution in [3.05, 3.63) is 64.9 Å². The van der Waals surface area contributed by atoms with Gasteiger partial charge in [-0.2, -0.15) is 0 Å². The molecule has 0 saturated carbocycles. The van der Waals surface area contributed by atoms with Crippen molar-refractivity contribution in [3.8, 4) is 0 Å². The summed E-state index contributed by atoms with van der Waals surface area (Å²) in [5.41, 5.74) is 1.09. The number of carbonyl (C=O) groups is 1. The number of rotatable bonds is 2. The molecule has 25 heavy (non-hydrogen) atoms. The van der Waals surface area contributed by atoms with E-state index >= 15 is 0 Å². The molecular formula is C18H17ClFN3OS. The molecule has 0 unspecified atom stereocenters. The maximum Gasteiger partial charge on any atom is 0.257 e. The van der Waals surface area contributed by atoms with Crippen LogP contribution in [0.4, 0.5) is 10.1 Å². The van der Waals surface area contributed by atoms with Gasteiger partial charge in [-0.05, 0) is 48.6 Å². The molecule has 0 bridgehead atoms. The number of nitrogens with zero attached hydrogens (tertiary/aromatic N) is 2. The molecule has 1 amide bonds. The molecule has 2 aromatic carbocycles. The van der Waals surface area contributed by atoms with Crippen LogP contribution >= 0.6 is 23.8 Å². The Morgan fingerprint density at radius 2 is 1.68 bits per heavy atom. The largest absolute Gasteiger partial charge is 0.366 e. The molecule has 1 heterocycles. The number of carbonyl (C=O) groups excluding carboxylic acids is 1. The molecule has 130 valence electrons. The van der Waals surface area contributed by atoms with Gasteiger partial charge in [-0.15, -0.1) is 0 Å². The van der Waals surface area contributed by atoms with Gasteiger partial charge in [0.1, 0.15) is 5.82 Å². The quantitative estimate of drug-likeness (QED) is 0.814. The van der Waals surface area contributed by atoms with E-state index < -0.39 is 0 Å². The molecule has 7 heteroatoms. The summed E-state index contributed by atoms with van der Waals surface area (Å²) in [6.07, 6.45) is 0. The van der Waals surface area contributed by atoms with Gasteiger partial charge >= 0.3 is 0 Å². The Bertz CT molecular complexity index is 776. The lowest BCUT2D eigenvalue weighted by Gasteiger charge is -2.37. The average Bonchev–Trinajstić information content (AvgIpc) is 2.63. The van der Waals surface area contributed by atoms with Gasteiger partial charge in [-0.1, -0.05) is 23.7 Å². The van der Waals surface area contributed by atoms with Crippen molar-refractivity contribution in [2.75, 3.05) is 31.1 Å². The van der Waals surface area contributed by atoms with Crippen LogP contribution in [0, 0.1) is 5.82 Å². The molecular weight excluding hydrogens is 361 g/mol. The van der Waals surface area contributed by atoms with E-state index in [0.29, 0.717) is 47.6 Å². The van der Waals surface area contributed by atoms with Crippen LogP contribution in [0.25, 0.3) is 0 Å². The van der Waals surface area contributed by atoms with Gasteiger partial charge in [0.05, 0.1) is 5.69 Å². The number of nitrogens with one attached hydrogen (secondary N) is 1. The Kier molecular flexibility index (Phi) is 5.50. The van der Waals surface area contributed by atoms with Crippen LogP contribution in [-0.4, -0.2) is 42.1 Å². The average molecular weight is 378 g/mol. The first kappa shape index (κ1) is 17.6. The number of benzene rings is 2. The maximum absolute atomic E-state index is 13.9. The van der Waals surface area contributed by atoms with E-state index in [1.165, 1.54) is 6.07 Å². The summed E-state index contributed by atoms with van der Waals surface area (Å²) in [5.74, 6) is -0.493. The lowest BCUT2D eigenvalue weighted by molar-refractivity contribution is 0.0973. The van der Waals surface area contributed by atoms with Crippen molar-refractivity contribution in [1.82, 2.24) is 10.2 Å². The summed E-state index contributed by atoms with van der Waals surface area (Å²) < 4.78 is 13.9. The van der Waals surface area contributed by atoms with Gasteiger partial charge in [0, 0.05) is 36.8 Å². The Labute approximate surface area is 156 Å². The lowest BCUT2D eigenvalue weighted by Crippen LogP contribution is -2.52. The third kappa shape index (κ3) is 4.27. The van der Waals surface area contributed by atoms with E-state index in [2.05, 4.69) is 5.32 Å². The van der Waals surface area contributed by atoms with Crippen molar-refractivity contribution in [1.29, 1.82) is 0 Å². The first-order valence-electron chi connectivity index (χ1n) is 7.90. The Morgan fingerprint density at radius 3 is 2.32 bits per heavy atom. The summed E-state index contributed by atoms with van der Waals surface area (Å²) in [6, 6.07) is 13.3. The van der Waals surface area contributed by atoms with Gasteiger partial charge in [-0.25, -0.2) is 4.39 Å². The number of anilines is 1. The van der Waals surface area contributed by atoms with E-state index in [4.69, 9.17) is 23.8 Å². The summed E-state index contributed by atoms with van der Waals surface area (Å²) in [5, 5.41) is 3.69. The van der Waals surface area contributed by atoms with Gasteiger partial charge in [-0.3, -0.25) is 10.1 Å². The number of para-hydroxylation sites is 1. The summed E-state index contributed by atoms with van der Waals surface area (Å²) in [6.45, 7) is 2.51. The first-order chi connectivity index (χ1) is 12.0. The Hall–Kier alpha value is -2.18. The summed E-state index contributed by atoms with van der Waals surface area (Å²) >= 11 is 11.2. The molecule has 0 aromatic heterocycles. The van der Waals surface area contributed by atoms with Crippen LogP contribution in [0.3, 0.4) is 0 Å². The number of thiocarbonyl (C=S) groups is 1. The Balaban J connectivity index is 1.55. The molecule has 3 rings (SSSR count). The first-order valence-corrected chi connectivity index (χ1v) is 8.68. The molecule has 1 aliphatic rings. The fraction of sp³-hybridized carbons (Fsp3) is 0.222. The molecule has 1 N–H and O–H groups in total. The predicted molar refractivity (Wildman–Crippen MR) is 102 cm³/mol. The number of halogens is 2. The molecule has 1 saturated heterocycles. The molecule has 0 atom stereocenters. The molecule has 2 aromatic rings. The van der Waals surface area contributed by atoms with Crippen LogP contribution in [0.5, 0.6) is 0 Å². The summed E-state index contributed by atoms with van der Waals surface area (Å²) in [7, 11) is 0. The van der Waals surface area contributed by atoms with Crippen LogP contribution in [0.2, 0.25) is 5.02 Å². The van der Waals surface area contributed by atoms with E-state index in [-0.39, 0.29) is 11.7 Å². The van der Waals surface area contributed by atoms with E-state index in [1.807, 2.05) is 15.9 Å². The number of hydrogen-bond donors (Lipinski definition) is 1. The van der Waals surface area contributed by atoms with Crippen molar-refractivity contribution in [2.45, 2.75) is 0 Å². The van der Waals surface area contributed by atoms with Gasteiger partial charge < -0.3 is 9.80 Å². The van der Waals surface area contributed by atoms with Gasteiger partial charge in [0.2, 0.25) is 0 Å². The van der Waals surface area contributed by atoms with E-state index in [0.717, 1.165) is 0 Å². The smallest absolute Gasteiger partial charge is 0.257 e. The molecule has 0 radical (unpaired) electrons. The van der Waals surface area contributed by atoms with Crippen LogP contribution in [0.15, 0.2) is 48.5 Å². The predicted octanol–water partition coefficient (Wildman–Crippen LogP) is 3.32. The molecule has 4 nitrogen and oxygen atoms in total. The van der Waals surface area contributed by atoms with Crippen LogP contribution in [-0.2, 0) is 0 Å². The third-order valence-electron chi connectivity index (χ3n) is 4.09. The second kappa shape index (κ2) is 7.80. The minimum atomic E-state index is -0.266. The topological polar surface area (TPSA) is 35.6 Å². The standard InChI is InChI=1S/C18H17ClFN3OS/c19-14-7-5-13(6-8-14)17(24)21-18(25)23-11-9-22(10-12-23)16-4-2-1-3-15(16)20/h1-8H,9-12H2,(H,21,24,25). The zero-order chi connectivity index (χ0) is 17.8. The minimum Gasteiger partial charge on any atom is -0.366 e. The number of amides is 1. The SMILES string of the molecule is O=C(NC(=S)N1CCN(c2ccccc2F)CC1)c1ccc(Cl)cc1. The highest BCUT2D eigenvalue weighted by atomic mass is 35.5. The zero-order valence-corrected chi connectivity index (χ0v) is 15.0. The summed E-state index contributed by atoms with van der Waals surface area (Å²) in [4.78, 5) is 16.1. The third-order valence-corrected chi connectivity index (χ3v) is 4.70.